The molecular weight excluding hydrogens is 345 g/mol. The molecule has 108 valence electrons. The predicted molar refractivity (Wildman–Crippen MR) is 79.8 cm³/mol. The highest BCUT2D eigenvalue weighted by Crippen LogP contribution is 2.23. The Labute approximate surface area is 127 Å². The largest absolute Gasteiger partial charge is 0.323 e. The molecule has 0 aliphatic carbocycles. The van der Waals surface area contributed by atoms with Crippen molar-refractivity contribution >= 4 is 39.0 Å². The van der Waals surface area contributed by atoms with Crippen LogP contribution in [0.5, 0.6) is 0 Å². The lowest BCUT2D eigenvalue weighted by molar-refractivity contribution is -0.384. The van der Waals surface area contributed by atoms with Gasteiger partial charge in [-0.15, -0.1) is 0 Å². The molecule has 0 bridgehead atoms. The summed E-state index contributed by atoms with van der Waals surface area (Å²) in [5.41, 5.74) is 0.523. The summed E-state index contributed by atoms with van der Waals surface area (Å²) in [6.07, 6.45) is 0. The average molecular weight is 354 g/mol. The Morgan fingerprint density at radius 2 is 1.95 bits per heavy atom. The van der Waals surface area contributed by atoms with Crippen LogP contribution in [0.25, 0.3) is 0 Å². The summed E-state index contributed by atoms with van der Waals surface area (Å²) in [7, 11) is 0. The van der Waals surface area contributed by atoms with Gasteiger partial charge in [0.05, 0.1) is 10.6 Å². The molecule has 8 heteroatoms. The average Bonchev–Trinajstić information content (AvgIpc) is 2.42. The number of nitrogens with one attached hydrogen (secondary N) is 2. The fraction of sp³-hybridized carbons (Fsp3) is 0. The van der Waals surface area contributed by atoms with Gasteiger partial charge in [0.15, 0.2) is 0 Å². The number of urea groups is 1. The molecule has 0 saturated carbocycles. The van der Waals surface area contributed by atoms with E-state index in [-0.39, 0.29) is 11.4 Å². The van der Waals surface area contributed by atoms with E-state index >= 15 is 0 Å². The predicted octanol–water partition coefficient (Wildman–Crippen LogP) is 4.14. The Morgan fingerprint density at radius 3 is 2.62 bits per heavy atom. The van der Waals surface area contributed by atoms with Crippen LogP contribution in [-0.4, -0.2) is 11.0 Å². The smallest absolute Gasteiger partial charge is 0.307 e. The van der Waals surface area contributed by atoms with E-state index in [0.29, 0.717) is 10.2 Å². The van der Waals surface area contributed by atoms with Crippen molar-refractivity contribution in [1.29, 1.82) is 0 Å². The van der Waals surface area contributed by atoms with Gasteiger partial charge in [-0.05, 0) is 40.2 Å². The van der Waals surface area contributed by atoms with Crippen LogP contribution in [0.3, 0.4) is 0 Å². The SMILES string of the molecule is O=C(Nc1cccc([N+](=O)[O-])c1)Nc1ccc(F)cc1Br. The lowest BCUT2D eigenvalue weighted by Gasteiger charge is -2.09. The number of anilines is 2. The second-order valence-corrected chi connectivity index (χ2v) is 4.87. The molecule has 6 nitrogen and oxygen atoms in total. The second kappa shape index (κ2) is 6.31. The first-order valence-corrected chi connectivity index (χ1v) is 6.52. The van der Waals surface area contributed by atoms with Crippen molar-refractivity contribution in [3.8, 4) is 0 Å². The lowest BCUT2D eigenvalue weighted by atomic mass is 10.3. The summed E-state index contributed by atoms with van der Waals surface area (Å²) >= 11 is 3.12. The minimum atomic E-state index is -0.595. The zero-order valence-electron chi connectivity index (χ0n) is 10.5. The Balaban J connectivity index is 2.08. The highest BCUT2D eigenvalue weighted by molar-refractivity contribution is 9.10. The molecule has 21 heavy (non-hydrogen) atoms. The highest BCUT2D eigenvalue weighted by Gasteiger charge is 2.09. The second-order valence-electron chi connectivity index (χ2n) is 4.01. The molecule has 0 radical (unpaired) electrons. The Hall–Kier alpha value is -2.48. The van der Waals surface area contributed by atoms with Gasteiger partial charge < -0.3 is 10.6 Å². The Bertz CT molecular complexity index is 709. The van der Waals surface area contributed by atoms with Crippen molar-refractivity contribution < 1.29 is 14.1 Å². The van der Waals surface area contributed by atoms with Crippen LogP contribution in [-0.2, 0) is 0 Å². The van der Waals surface area contributed by atoms with Crippen molar-refractivity contribution in [3.05, 3.63) is 62.9 Å². The molecule has 0 aliphatic heterocycles. The number of non-ortho nitro benzene ring substituents is 1. The van der Waals surface area contributed by atoms with Gasteiger partial charge in [-0.2, -0.15) is 0 Å². The molecule has 0 aromatic heterocycles. The van der Waals surface area contributed by atoms with E-state index in [4.69, 9.17) is 0 Å². The third-order valence-electron chi connectivity index (χ3n) is 2.49. The monoisotopic (exact) mass is 353 g/mol. The highest BCUT2D eigenvalue weighted by atomic mass is 79.9. The van der Waals surface area contributed by atoms with Gasteiger partial charge in [0, 0.05) is 22.3 Å². The Kier molecular flexibility index (Phi) is 4.49. The topological polar surface area (TPSA) is 84.3 Å². The molecule has 0 fully saturated rings. The molecule has 0 unspecified atom stereocenters. The molecule has 0 saturated heterocycles. The van der Waals surface area contributed by atoms with E-state index in [1.807, 2.05) is 0 Å². The van der Waals surface area contributed by atoms with Crippen molar-refractivity contribution in [2.24, 2.45) is 0 Å². The van der Waals surface area contributed by atoms with E-state index in [1.165, 1.54) is 42.5 Å². The van der Waals surface area contributed by atoms with Gasteiger partial charge in [0.25, 0.3) is 5.69 Å². The van der Waals surface area contributed by atoms with Gasteiger partial charge in [-0.1, -0.05) is 6.07 Å². The molecule has 2 rings (SSSR count). The van der Waals surface area contributed by atoms with E-state index in [0.717, 1.165) is 0 Å². The maximum absolute atomic E-state index is 12.9. The number of nitro benzene ring substituents is 1. The van der Waals surface area contributed by atoms with E-state index in [9.17, 15) is 19.3 Å². The summed E-state index contributed by atoms with van der Waals surface area (Å²) in [6.45, 7) is 0. The molecular formula is C13H9BrFN3O3. The van der Waals surface area contributed by atoms with Gasteiger partial charge in [-0.3, -0.25) is 10.1 Å². The van der Waals surface area contributed by atoms with Crippen LogP contribution in [0.2, 0.25) is 0 Å². The standard InChI is InChI=1S/C13H9BrFN3O3/c14-11-6-8(15)4-5-12(11)17-13(19)16-9-2-1-3-10(7-9)18(20)21/h1-7H,(H2,16,17,19). The van der Waals surface area contributed by atoms with E-state index in [2.05, 4.69) is 26.6 Å². The van der Waals surface area contributed by atoms with Crippen LogP contribution in [0, 0.1) is 15.9 Å². The Morgan fingerprint density at radius 1 is 1.19 bits per heavy atom. The number of hydrogen-bond acceptors (Lipinski definition) is 3. The number of benzene rings is 2. The number of rotatable bonds is 3. The maximum atomic E-state index is 12.9. The molecule has 0 aliphatic rings. The van der Waals surface area contributed by atoms with Gasteiger partial charge in [-0.25, -0.2) is 9.18 Å². The first-order chi connectivity index (χ1) is 9.95. The maximum Gasteiger partial charge on any atom is 0.323 e. The fourth-order valence-electron chi connectivity index (χ4n) is 1.57. The molecule has 2 aromatic rings. The van der Waals surface area contributed by atoms with Crippen molar-refractivity contribution in [2.75, 3.05) is 10.6 Å². The first-order valence-electron chi connectivity index (χ1n) is 5.73. The molecule has 0 atom stereocenters. The third-order valence-corrected chi connectivity index (χ3v) is 3.15. The summed E-state index contributed by atoms with van der Waals surface area (Å²) in [5, 5.41) is 15.6. The summed E-state index contributed by atoms with van der Waals surface area (Å²) < 4.78 is 13.3. The van der Waals surface area contributed by atoms with Crippen molar-refractivity contribution in [3.63, 3.8) is 0 Å². The van der Waals surface area contributed by atoms with Gasteiger partial charge in [0.1, 0.15) is 5.82 Å². The molecule has 2 aromatic carbocycles. The summed E-state index contributed by atoms with van der Waals surface area (Å²) in [6, 6.07) is 8.75. The minimum Gasteiger partial charge on any atom is -0.307 e. The van der Waals surface area contributed by atoms with Crippen molar-refractivity contribution in [2.45, 2.75) is 0 Å². The van der Waals surface area contributed by atoms with E-state index in [1.54, 1.807) is 0 Å². The first kappa shape index (κ1) is 14.9. The summed E-state index contributed by atoms with van der Waals surface area (Å²) in [4.78, 5) is 21.9. The van der Waals surface area contributed by atoms with Crippen LogP contribution in [0.15, 0.2) is 46.9 Å². The van der Waals surface area contributed by atoms with Gasteiger partial charge >= 0.3 is 6.03 Å². The normalized spacial score (nSPS) is 10.0. The van der Waals surface area contributed by atoms with E-state index < -0.39 is 16.8 Å². The number of halogens is 2. The number of amides is 2. The number of carbonyl (C=O) groups is 1. The van der Waals surface area contributed by atoms with Crippen LogP contribution < -0.4 is 10.6 Å². The van der Waals surface area contributed by atoms with Crippen LogP contribution >= 0.6 is 15.9 Å². The lowest BCUT2D eigenvalue weighted by Crippen LogP contribution is -2.19. The quantitative estimate of drug-likeness (QED) is 0.642. The molecule has 2 amide bonds. The van der Waals surface area contributed by atoms with Crippen LogP contribution in [0.4, 0.5) is 26.2 Å². The third kappa shape index (κ3) is 3.99. The fourth-order valence-corrected chi connectivity index (χ4v) is 2.02. The molecule has 0 spiro atoms. The number of hydrogen-bond donors (Lipinski definition) is 2. The molecule has 0 heterocycles. The van der Waals surface area contributed by atoms with Gasteiger partial charge in [0.2, 0.25) is 0 Å². The minimum absolute atomic E-state index is 0.129. The zero-order valence-corrected chi connectivity index (χ0v) is 12.1. The molecule has 2 N–H and O–H groups in total. The van der Waals surface area contributed by atoms with Crippen LogP contribution in [0.1, 0.15) is 0 Å². The van der Waals surface area contributed by atoms with Crippen molar-refractivity contribution in [1.82, 2.24) is 0 Å². The number of nitrogens with zero attached hydrogens (tertiary/aromatic N) is 1. The number of nitro groups is 1. The number of carbonyl (C=O) groups excluding carboxylic acids is 1. The summed E-state index contributed by atoms with van der Waals surface area (Å²) in [5.74, 6) is -0.438. The zero-order chi connectivity index (χ0) is 15.4.